The molecular formula is C22H30N4O3. The Labute approximate surface area is 171 Å². The molecule has 1 fully saturated rings. The second-order valence-electron chi connectivity index (χ2n) is 8.55. The Morgan fingerprint density at radius 3 is 3.00 bits per heavy atom. The summed E-state index contributed by atoms with van der Waals surface area (Å²) in [5.41, 5.74) is 3.13. The topological polar surface area (TPSA) is 79.6 Å². The molecule has 1 saturated heterocycles. The molecule has 156 valence electrons. The van der Waals surface area contributed by atoms with E-state index >= 15 is 0 Å². The van der Waals surface area contributed by atoms with E-state index in [0.29, 0.717) is 24.6 Å². The highest BCUT2D eigenvalue weighted by Crippen LogP contribution is 2.29. The zero-order chi connectivity index (χ0) is 20.4. The van der Waals surface area contributed by atoms with Crippen LogP contribution in [0.15, 0.2) is 30.7 Å². The van der Waals surface area contributed by atoms with Crippen LogP contribution in [0.5, 0.6) is 5.75 Å². The number of hydrogen-bond donors (Lipinski definition) is 2. The number of hydrogen-bond acceptors (Lipinski definition) is 5. The van der Waals surface area contributed by atoms with Gasteiger partial charge in [0.25, 0.3) is 0 Å². The summed E-state index contributed by atoms with van der Waals surface area (Å²) in [4.78, 5) is 18.2. The molecule has 2 aliphatic heterocycles. The van der Waals surface area contributed by atoms with Crippen molar-refractivity contribution in [2.24, 2.45) is 5.92 Å². The number of rotatable bonds is 6. The molecule has 2 aliphatic rings. The van der Waals surface area contributed by atoms with Crippen molar-refractivity contribution in [1.82, 2.24) is 14.5 Å². The lowest BCUT2D eigenvalue weighted by atomic mass is 10.0. The summed E-state index contributed by atoms with van der Waals surface area (Å²) in [7, 11) is 0. The number of carbonyl (C=O) groups excluding carboxylic acids is 1. The van der Waals surface area contributed by atoms with Gasteiger partial charge in [0.1, 0.15) is 18.0 Å². The van der Waals surface area contributed by atoms with Crippen molar-refractivity contribution in [1.29, 1.82) is 0 Å². The number of fused-ring (bicyclic) bond motifs is 1. The van der Waals surface area contributed by atoms with Gasteiger partial charge >= 0.3 is 0 Å². The van der Waals surface area contributed by atoms with Crippen LogP contribution >= 0.6 is 0 Å². The highest BCUT2D eigenvalue weighted by molar-refractivity contribution is 5.94. The number of amides is 1. The number of imidazole rings is 1. The predicted molar refractivity (Wildman–Crippen MR) is 111 cm³/mol. The second kappa shape index (κ2) is 8.55. The van der Waals surface area contributed by atoms with Crippen LogP contribution < -0.4 is 10.1 Å². The maximum Gasteiger partial charge on any atom is 0.224 e. The van der Waals surface area contributed by atoms with Gasteiger partial charge in [0.2, 0.25) is 5.91 Å². The highest BCUT2D eigenvalue weighted by atomic mass is 16.5. The smallest absolute Gasteiger partial charge is 0.224 e. The fourth-order valence-electron chi connectivity index (χ4n) is 4.12. The number of carbonyl (C=O) groups is 1. The van der Waals surface area contributed by atoms with Crippen LogP contribution in [0.4, 0.5) is 5.69 Å². The molecule has 1 amide bonds. The average molecular weight is 399 g/mol. The minimum atomic E-state index is -0.559. The van der Waals surface area contributed by atoms with Gasteiger partial charge in [-0.2, -0.15) is 0 Å². The third-order valence-electron chi connectivity index (χ3n) is 5.61. The van der Waals surface area contributed by atoms with E-state index in [1.165, 1.54) is 5.69 Å². The summed E-state index contributed by atoms with van der Waals surface area (Å²) in [5, 5.41) is 13.6. The lowest BCUT2D eigenvalue weighted by molar-refractivity contribution is -0.116. The van der Waals surface area contributed by atoms with E-state index in [9.17, 15) is 9.90 Å². The first-order chi connectivity index (χ1) is 14.0. The van der Waals surface area contributed by atoms with Crippen molar-refractivity contribution >= 4 is 11.6 Å². The summed E-state index contributed by atoms with van der Waals surface area (Å²) in [6.45, 7) is 7.55. The number of benzene rings is 1. The maximum atomic E-state index is 11.6. The van der Waals surface area contributed by atoms with Crippen molar-refractivity contribution in [3.63, 3.8) is 0 Å². The molecule has 1 aromatic heterocycles. The number of nitrogens with zero attached hydrogens (tertiary/aromatic N) is 3. The normalized spacial score (nSPS) is 22.4. The quantitative estimate of drug-likeness (QED) is 0.781. The van der Waals surface area contributed by atoms with Crippen molar-refractivity contribution in [3.8, 4) is 5.75 Å². The zero-order valence-corrected chi connectivity index (χ0v) is 17.2. The molecule has 2 atom stereocenters. The van der Waals surface area contributed by atoms with Gasteiger partial charge in [-0.25, -0.2) is 4.98 Å². The molecule has 4 rings (SSSR count). The summed E-state index contributed by atoms with van der Waals surface area (Å²) >= 11 is 0. The Hall–Kier alpha value is -2.38. The van der Waals surface area contributed by atoms with Crippen LogP contribution in [0, 0.1) is 5.92 Å². The van der Waals surface area contributed by atoms with Gasteiger partial charge in [0.15, 0.2) is 0 Å². The lowest BCUT2D eigenvalue weighted by Crippen LogP contribution is -2.48. The number of aliphatic hydroxyl groups is 1. The third kappa shape index (κ3) is 4.79. The van der Waals surface area contributed by atoms with Gasteiger partial charge in [0, 0.05) is 50.6 Å². The fourth-order valence-corrected chi connectivity index (χ4v) is 4.12. The third-order valence-corrected chi connectivity index (χ3v) is 5.61. The fraction of sp³-hybridized carbons (Fsp3) is 0.545. The van der Waals surface area contributed by atoms with Gasteiger partial charge < -0.3 is 19.7 Å². The molecule has 2 aromatic rings. The summed E-state index contributed by atoms with van der Waals surface area (Å²) in [5.74, 6) is 1.30. The van der Waals surface area contributed by atoms with Crippen molar-refractivity contribution in [3.05, 3.63) is 42.0 Å². The Morgan fingerprint density at radius 1 is 1.34 bits per heavy atom. The first-order valence-electron chi connectivity index (χ1n) is 10.5. The average Bonchev–Trinajstić information content (AvgIpc) is 3.09. The van der Waals surface area contributed by atoms with Crippen LogP contribution in [0.25, 0.3) is 0 Å². The molecule has 0 aliphatic carbocycles. The van der Waals surface area contributed by atoms with Crippen LogP contribution in [0.1, 0.15) is 37.9 Å². The number of piperidine rings is 1. The number of aryl methyl sites for hydroxylation is 1. The van der Waals surface area contributed by atoms with E-state index in [-0.39, 0.29) is 12.0 Å². The highest BCUT2D eigenvalue weighted by Gasteiger charge is 2.30. The molecule has 3 heterocycles. The molecule has 0 radical (unpaired) electrons. The molecule has 0 bridgehead atoms. The molecule has 0 spiro atoms. The molecule has 0 saturated carbocycles. The monoisotopic (exact) mass is 398 g/mol. The van der Waals surface area contributed by atoms with E-state index in [1.807, 2.05) is 30.7 Å². The van der Waals surface area contributed by atoms with Gasteiger partial charge in [-0.15, -0.1) is 0 Å². The van der Waals surface area contributed by atoms with Gasteiger partial charge in [-0.1, -0.05) is 19.9 Å². The number of β-amino-alcohol motifs (C(OH)–C–C–N with tert-alkyl or cyclic N) is 1. The minimum absolute atomic E-state index is 0.0414. The second-order valence-corrected chi connectivity index (χ2v) is 8.55. The first kappa shape index (κ1) is 19.9. The molecule has 2 N–H and O–H groups in total. The van der Waals surface area contributed by atoms with Gasteiger partial charge in [-0.05, 0) is 30.4 Å². The van der Waals surface area contributed by atoms with Crippen molar-refractivity contribution in [2.45, 2.75) is 58.4 Å². The molecule has 7 nitrogen and oxygen atoms in total. The maximum absolute atomic E-state index is 11.6. The van der Waals surface area contributed by atoms with Crippen LogP contribution in [0.2, 0.25) is 0 Å². The first-order valence-corrected chi connectivity index (χ1v) is 10.5. The van der Waals surface area contributed by atoms with E-state index in [4.69, 9.17) is 4.74 Å². The predicted octanol–water partition coefficient (Wildman–Crippen LogP) is 2.44. The number of likely N-dealkylation sites (tertiary alicyclic amines) is 1. The summed E-state index contributed by atoms with van der Waals surface area (Å²) < 4.78 is 8.28. The van der Waals surface area contributed by atoms with E-state index in [2.05, 4.69) is 33.6 Å². The largest absolute Gasteiger partial charge is 0.488 e. The summed E-state index contributed by atoms with van der Waals surface area (Å²) in [6, 6.07) is 5.80. The standard InChI is InChI=1S/C22H30N4O3/c1-15(2)11-26-14-23-10-17(26)12-25-8-7-21(20(27)13-25)29-18-5-3-16-4-6-22(28)24-19(16)9-18/h3,5,9-10,14-15,20-21,27H,4,6-8,11-13H2,1-2H3,(H,24,28)/t20-,21-/m1/s1. The number of nitrogens with one attached hydrogen (secondary N) is 1. The van der Waals surface area contributed by atoms with Gasteiger partial charge in [-0.3, -0.25) is 9.69 Å². The number of ether oxygens (including phenoxy) is 1. The Balaban J connectivity index is 1.34. The van der Waals surface area contributed by atoms with Crippen molar-refractivity contribution in [2.75, 3.05) is 18.4 Å². The van der Waals surface area contributed by atoms with E-state index < -0.39 is 6.10 Å². The van der Waals surface area contributed by atoms with E-state index in [0.717, 1.165) is 43.7 Å². The Morgan fingerprint density at radius 2 is 2.21 bits per heavy atom. The summed E-state index contributed by atoms with van der Waals surface area (Å²) in [6.07, 6.45) is 5.04. The molecular weight excluding hydrogens is 368 g/mol. The lowest BCUT2D eigenvalue weighted by Gasteiger charge is -2.36. The molecule has 1 aromatic carbocycles. The Bertz CT molecular complexity index is 863. The van der Waals surface area contributed by atoms with Crippen LogP contribution in [-0.2, 0) is 24.3 Å². The van der Waals surface area contributed by atoms with Crippen LogP contribution in [-0.4, -0.2) is 50.8 Å². The SMILES string of the molecule is CC(C)Cn1cncc1CN1CC[C@@H](Oc2ccc3c(c2)NC(=O)CC3)[C@H](O)C1. The van der Waals surface area contributed by atoms with Gasteiger partial charge in [0.05, 0.1) is 12.0 Å². The van der Waals surface area contributed by atoms with Crippen molar-refractivity contribution < 1.29 is 14.6 Å². The van der Waals surface area contributed by atoms with Crippen LogP contribution in [0.3, 0.4) is 0 Å². The Kier molecular flexibility index (Phi) is 5.87. The minimum Gasteiger partial charge on any atom is -0.488 e. The molecule has 29 heavy (non-hydrogen) atoms. The number of aliphatic hydroxyl groups excluding tert-OH is 1. The zero-order valence-electron chi connectivity index (χ0n) is 17.2. The molecule has 7 heteroatoms. The number of aromatic nitrogens is 2. The van der Waals surface area contributed by atoms with E-state index in [1.54, 1.807) is 0 Å². The number of anilines is 1. The molecule has 0 unspecified atom stereocenters.